The molecule has 0 fully saturated rings. The number of rotatable bonds is 4. The Balaban J connectivity index is 0.000000575. The second kappa shape index (κ2) is 49.5. The minimum atomic E-state index is -4.64. The van der Waals surface area contributed by atoms with Gasteiger partial charge in [-0.1, -0.05) is 129 Å². The molecular weight excluding hydrogens is 1770 g/mol. The van der Waals surface area contributed by atoms with Gasteiger partial charge in [-0.2, -0.15) is 0 Å². The van der Waals surface area contributed by atoms with Crippen LogP contribution in [0.25, 0.3) is 0 Å². The van der Waals surface area contributed by atoms with E-state index in [9.17, 15) is 35.1 Å². The molecule has 4 heterocycles. The van der Waals surface area contributed by atoms with Crippen LogP contribution in [-0.4, -0.2) is 26.9 Å². The van der Waals surface area contributed by atoms with Crippen LogP contribution in [0.2, 0.25) is 33.8 Å². The van der Waals surface area contributed by atoms with Gasteiger partial charge in [0.15, 0.2) is 11.6 Å². The second-order valence-electron chi connectivity index (χ2n) is 22.5. The Bertz CT molecular complexity index is 4050. The highest BCUT2D eigenvalue weighted by molar-refractivity contribution is 9.11. The summed E-state index contributed by atoms with van der Waals surface area (Å²) in [5.41, 5.74) is 10.7. The summed E-state index contributed by atoms with van der Waals surface area (Å²) in [6.07, 6.45) is -9.26. The van der Waals surface area contributed by atoms with Gasteiger partial charge < -0.3 is 18.9 Å². The van der Waals surface area contributed by atoms with Crippen LogP contribution in [0.3, 0.4) is 0 Å². The summed E-state index contributed by atoms with van der Waals surface area (Å²) in [7, 11) is 2.97. The second-order valence-corrected chi connectivity index (χ2v) is 34.2. The van der Waals surface area contributed by atoms with E-state index >= 15 is 0 Å². The van der Waals surface area contributed by atoms with Gasteiger partial charge in [0, 0.05) is 50.0 Å². The Labute approximate surface area is 683 Å². The molecule has 11 rings (SSSR count). The SMILES string of the molecule is COc1cc(C)c(F)cc1F.COc1cc(C)cc(Cl)c1.Cc1cc(C)c(Cl)s1.Cc1cc(C)cc(Cl)c1.Cc1cc(Cl)c(C)s1.Cc1ccc(Br)c(OC(F)(F)F)c1.Cc1ccc(Br)s1.Cc1ccc(C)c(OC(F)(F)F)c1.Cc1ccc(Cl)c(Br)c1.Cc1ccc(Cl)c(C)c1.Cc1ccc(Cl)s1. The average molecular weight is 1850 g/mol. The van der Waals surface area contributed by atoms with Gasteiger partial charge in [0.25, 0.3) is 0 Å². The number of hydrogen-bond donors (Lipinski definition) is 0. The minimum absolute atomic E-state index is 0.0731. The molecule has 0 aliphatic heterocycles. The number of benzene rings is 7. The summed E-state index contributed by atoms with van der Waals surface area (Å²) in [4.78, 5) is 6.40. The number of halogens is 18. The van der Waals surface area contributed by atoms with E-state index < -0.39 is 24.4 Å². The summed E-state index contributed by atoms with van der Waals surface area (Å²) in [6, 6.07) is 47.0. The average Bonchev–Trinajstić information content (AvgIpc) is 1.34. The first-order valence-electron chi connectivity index (χ1n) is 30.6. The predicted molar refractivity (Wildman–Crippen MR) is 443 cm³/mol. The number of hydrogen-bond acceptors (Lipinski definition) is 8. The molecule has 566 valence electrons. The van der Waals surface area contributed by atoms with Crippen LogP contribution in [0.1, 0.15) is 85.6 Å². The molecule has 0 atom stereocenters. The van der Waals surface area contributed by atoms with Gasteiger partial charge in [0.1, 0.15) is 23.1 Å². The van der Waals surface area contributed by atoms with Crippen molar-refractivity contribution in [2.75, 3.05) is 14.2 Å². The number of alkyl halides is 6. The molecule has 4 aromatic heterocycles. The molecule has 0 spiro atoms. The van der Waals surface area contributed by atoms with Crippen LogP contribution in [0.5, 0.6) is 23.0 Å². The van der Waals surface area contributed by atoms with E-state index in [0.717, 1.165) is 66.8 Å². The molecule has 0 aliphatic carbocycles. The fraction of sp³-hybridized carbons (Fsp3) is 0.256. The van der Waals surface area contributed by atoms with Gasteiger partial charge in [-0.25, -0.2) is 8.78 Å². The van der Waals surface area contributed by atoms with Gasteiger partial charge in [-0.05, 0) is 323 Å². The highest BCUT2D eigenvalue weighted by Crippen LogP contribution is 2.33. The number of thiophene rings is 4. The van der Waals surface area contributed by atoms with Crippen LogP contribution < -0.4 is 18.9 Å². The maximum atomic E-state index is 12.7. The van der Waals surface area contributed by atoms with Gasteiger partial charge in [0.2, 0.25) is 0 Å². The van der Waals surface area contributed by atoms with Crippen molar-refractivity contribution in [3.05, 3.63) is 301 Å². The molecule has 4 nitrogen and oxygen atoms in total. The Hall–Kier alpha value is -4.55. The molecule has 0 radical (unpaired) electrons. The van der Waals surface area contributed by atoms with Crippen molar-refractivity contribution in [1.29, 1.82) is 0 Å². The van der Waals surface area contributed by atoms with Gasteiger partial charge in [-0.15, -0.1) is 71.7 Å². The summed E-state index contributed by atoms with van der Waals surface area (Å²) in [6.45, 7) is 31.0. The first-order chi connectivity index (χ1) is 48.2. The van der Waals surface area contributed by atoms with E-state index in [-0.39, 0.29) is 21.7 Å². The van der Waals surface area contributed by atoms with Crippen molar-refractivity contribution >= 4 is 174 Å². The first-order valence-corrected chi connectivity index (χ1v) is 38.9. The lowest BCUT2D eigenvalue weighted by molar-refractivity contribution is -0.275. The third kappa shape index (κ3) is 44.1. The zero-order valence-corrected chi connectivity index (χ0v) is 73.4. The standard InChI is InChI=1S/C9H9F3O.C8H6BrF3O.C8H9ClO.2C8H9Cl.C8H8F2O.C7H6BrCl.2C6H7ClS.C5H5BrS.C5H5ClS/c1-6-3-4-7(2)8(5-6)13-9(10,11)12;1-5-2-3-6(9)7(4-5)13-8(10,11)12;1-6-3-7(9)5-8(4-6)10-2;1-6-3-7(2)5-8(9)4-6;1-6-3-4-8(9)7(2)5-6;1-5-3-8(11-2)7(10)4-6(5)9;1-5-2-3-7(9)6(8)4-5;1-4-3-6(7)5(2)8-4;1-4-3-5(2)8-6(4)7;2*1-4-2-3-5(6)7-4/h3-5H,1-2H3;2-4H,1H3;3-5H,1-2H3;2*3-5H,1-2H3;3-4H,1-2H3;2-4H,1H3;2*3H,1-2H3;2*2-3H,1H3. The smallest absolute Gasteiger partial charge is 0.497 e. The van der Waals surface area contributed by atoms with Crippen LogP contribution in [0.4, 0.5) is 35.1 Å². The number of aryl methyl sites for hydroxylation is 16. The Morgan fingerprint density at radius 1 is 0.327 bits per heavy atom. The lowest BCUT2D eigenvalue weighted by Crippen LogP contribution is -2.17. The van der Waals surface area contributed by atoms with Gasteiger partial charge in [-0.3, -0.25) is 0 Å². The van der Waals surface area contributed by atoms with E-state index in [4.69, 9.17) is 85.9 Å². The monoisotopic (exact) mass is 1840 g/mol. The third-order valence-corrected chi connectivity index (χ3v) is 20.9. The van der Waals surface area contributed by atoms with E-state index in [1.54, 1.807) is 104 Å². The van der Waals surface area contributed by atoms with Crippen molar-refractivity contribution < 1.29 is 54.1 Å². The molecule has 0 amide bonds. The molecule has 7 aromatic carbocycles. The molecule has 11 aromatic rings. The zero-order valence-electron chi connectivity index (χ0n) is 60.1. The first kappa shape index (κ1) is 97.5. The fourth-order valence-corrected chi connectivity index (χ4v) is 14.2. The molecule has 26 heteroatoms. The van der Waals surface area contributed by atoms with Gasteiger partial charge in [0.05, 0.1) is 41.2 Å². The zero-order chi connectivity index (χ0) is 79.5. The van der Waals surface area contributed by atoms with Crippen LogP contribution in [0, 0.1) is 122 Å². The molecule has 0 saturated carbocycles. The molecule has 0 bridgehead atoms. The molecule has 104 heavy (non-hydrogen) atoms. The summed E-state index contributed by atoms with van der Waals surface area (Å²) in [5, 5.41) is 4.05. The molecule has 0 N–H and O–H groups in total. The Kier molecular flexibility index (Phi) is 46.4. The highest BCUT2D eigenvalue weighted by atomic mass is 79.9. The Morgan fingerprint density at radius 3 is 1.16 bits per heavy atom. The predicted octanol–water partition coefficient (Wildman–Crippen LogP) is 32.7. The fourth-order valence-electron chi connectivity index (χ4n) is 7.70. The third-order valence-electron chi connectivity index (χ3n) is 12.5. The minimum Gasteiger partial charge on any atom is -0.497 e. The maximum absolute atomic E-state index is 12.7. The van der Waals surface area contributed by atoms with Crippen molar-refractivity contribution in [3.63, 3.8) is 0 Å². The lowest BCUT2D eigenvalue weighted by Gasteiger charge is -2.11. The largest absolute Gasteiger partial charge is 0.573 e. The van der Waals surface area contributed by atoms with Crippen LogP contribution >= 0.6 is 174 Å². The van der Waals surface area contributed by atoms with Crippen LogP contribution in [0.15, 0.2) is 170 Å². The van der Waals surface area contributed by atoms with E-state index in [2.05, 4.69) is 120 Å². The normalized spacial score (nSPS) is 10.1. The van der Waals surface area contributed by atoms with Gasteiger partial charge >= 0.3 is 12.7 Å². The number of methoxy groups -OCH3 is 2. The summed E-state index contributed by atoms with van der Waals surface area (Å²) in [5.74, 6) is -0.687. The number of ether oxygens (including phenoxy) is 4. The molecule has 0 saturated heterocycles. The Morgan fingerprint density at radius 2 is 0.808 bits per heavy atom. The quantitative estimate of drug-likeness (QED) is 0.165. The molecular formula is C78H80Br3Cl7F8O4S4. The van der Waals surface area contributed by atoms with Crippen molar-refractivity contribution in [2.24, 2.45) is 0 Å². The maximum Gasteiger partial charge on any atom is 0.573 e. The van der Waals surface area contributed by atoms with E-state index in [0.29, 0.717) is 16.7 Å². The molecule has 0 unspecified atom stereocenters. The van der Waals surface area contributed by atoms with E-state index in [1.807, 2.05) is 128 Å². The lowest BCUT2D eigenvalue weighted by atomic mass is 10.1. The highest BCUT2D eigenvalue weighted by Gasteiger charge is 2.32. The summed E-state index contributed by atoms with van der Waals surface area (Å²) >= 11 is 56.4. The molecule has 0 aliphatic rings. The summed E-state index contributed by atoms with van der Waals surface area (Å²) < 4.78 is 118. The van der Waals surface area contributed by atoms with E-state index in [1.165, 1.54) is 87.4 Å². The van der Waals surface area contributed by atoms with Crippen LogP contribution in [-0.2, 0) is 0 Å². The van der Waals surface area contributed by atoms with Crippen molar-refractivity contribution in [3.8, 4) is 23.0 Å². The van der Waals surface area contributed by atoms with Crippen molar-refractivity contribution in [1.82, 2.24) is 0 Å². The topological polar surface area (TPSA) is 36.9 Å². The van der Waals surface area contributed by atoms with Crippen molar-refractivity contribution in [2.45, 2.75) is 124 Å².